The molecule has 3 rings (SSSR count). The van der Waals surface area contributed by atoms with E-state index in [1.165, 1.54) is 0 Å². The van der Waals surface area contributed by atoms with E-state index in [-0.39, 0.29) is 18.3 Å². The predicted molar refractivity (Wildman–Crippen MR) is 98.6 cm³/mol. The molecule has 128 valence electrons. The molecule has 25 heavy (non-hydrogen) atoms. The summed E-state index contributed by atoms with van der Waals surface area (Å²) in [6.45, 7) is 2.05. The lowest BCUT2D eigenvalue weighted by Crippen LogP contribution is -2.12. The second-order valence-electron chi connectivity index (χ2n) is 5.38. The second kappa shape index (κ2) is 7.64. The van der Waals surface area contributed by atoms with Crippen LogP contribution in [0.1, 0.15) is 21.9 Å². The van der Waals surface area contributed by atoms with Gasteiger partial charge in [-0.2, -0.15) is 0 Å². The maximum absolute atomic E-state index is 12.3. The number of hydrogen-bond donors (Lipinski definition) is 1. The SMILES string of the molecule is Cc1c(Cl)cccc1NC(=O)c1ccc(COc2ccc(Cl)cc2)o1. The van der Waals surface area contributed by atoms with Crippen LogP contribution >= 0.6 is 23.2 Å². The number of nitrogens with one attached hydrogen (secondary N) is 1. The standard InChI is InChI=1S/C19H15Cl2NO3/c1-12-16(21)3-2-4-17(12)22-19(23)18-10-9-15(25-18)11-24-14-7-5-13(20)6-8-14/h2-10H,11H2,1H3,(H,22,23). The van der Waals surface area contributed by atoms with Gasteiger partial charge < -0.3 is 14.5 Å². The van der Waals surface area contributed by atoms with E-state index in [0.29, 0.717) is 27.2 Å². The lowest BCUT2D eigenvalue weighted by atomic mass is 10.2. The van der Waals surface area contributed by atoms with Crippen LogP contribution in [0.5, 0.6) is 5.75 Å². The average Bonchev–Trinajstić information content (AvgIpc) is 3.08. The summed E-state index contributed by atoms with van der Waals surface area (Å²) >= 11 is 11.9. The Morgan fingerprint density at radius 2 is 1.84 bits per heavy atom. The molecule has 0 aliphatic heterocycles. The maximum Gasteiger partial charge on any atom is 0.291 e. The summed E-state index contributed by atoms with van der Waals surface area (Å²) in [5.41, 5.74) is 1.45. The Balaban J connectivity index is 1.63. The molecule has 4 nitrogen and oxygen atoms in total. The Kier molecular flexibility index (Phi) is 5.31. The summed E-state index contributed by atoms with van der Waals surface area (Å²) in [7, 11) is 0. The van der Waals surface area contributed by atoms with Gasteiger partial charge >= 0.3 is 0 Å². The summed E-state index contributed by atoms with van der Waals surface area (Å²) in [5, 5.41) is 4.02. The van der Waals surface area contributed by atoms with E-state index in [1.54, 1.807) is 54.6 Å². The first kappa shape index (κ1) is 17.4. The van der Waals surface area contributed by atoms with Gasteiger partial charge in [-0.1, -0.05) is 29.3 Å². The Morgan fingerprint density at radius 3 is 2.60 bits per heavy atom. The summed E-state index contributed by atoms with van der Waals surface area (Å²) in [6, 6.07) is 15.7. The fraction of sp³-hybridized carbons (Fsp3) is 0.105. The van der Waals surface area contributed by atoms with Gasteiger partial charge in [0.2, 0.25) is 0 Å². The van der Waals surface area contributed by atoms with Crippen molar-refractivity contribution >= 4 is 34.8 Å². The molecule has 0 bridgehead atoms. The molecule has 1 aromatic heterocycles. The van der Waals surface area contributed by atoms with Crippen molar-refractivity contribution in [3.63, 3.8) is 0 Å². The van der Waals surface area contributed by atoms with E-state index in [2.05, 4.69) is 5.32 Å². The number of ether oxygens (including phenoxy) is 1. The van der Waals surface area contributed by atoms with Crippen LogP contribution < -0.4 is 10.1 Å². The monoisotopic (exact) mass is 375 g/mol. The zero-order chi connectivity index (χ0) is 17.8. The first-order valence-corrected chi connectivity index (χ1v) is 8.32. The van der Waals surface area contributed by atoms with E-state index in [4.69, 9.17) is 32.4 Å². The first-order chi connectivity index (χ1) is 12.0. The number of furan rings is 1. The number of carbonyl (C=O) groups excluding carboxylic acids is 1. The number of amides is 1. The van der Waals surface area contributed by atoms with Gasteiger partial charge in [0.15, 0.2) is 5.76 Å². The molecule has 0 fully saturated rings. The minimum Gasteiger partial charge on any atom is -0.486 e. The molecule has 0 radical (unpaired) electrons. The third kappa shape index (κ3) is 4.35. The quantitative estimate of drug-likeness (QED) is 0.619. The van der Waals surface area contributed by atoms with Crippen molar-refractivity contribution in [3.05, 3.63) is 81.7 Å². The van der Waals surface area contributed by atoms with E-state index >= 15 is 0 Å². The van der Waals surface area contributed by atoms with Crippen molar-refractivity contribution in [3.8, 4) is 5.75 Å². The van der Waals surface area contributed by atoms with Crippen LogP contribution in [0.2, 0.25) is 10.0 Å². The van der Waals surface area contributed by atoms with E-state index in [0.717, 1.165) is 5.56 Å². The van der Waals surface area contributed by atoms with Crippen LogP contribution in [0.3, 0.4) is 0 Å². The first-order valence-electron chi connectivity index (χ1n) is 7.56. The van der Waals surface area contributed by atoms with Gasteiger partial charge in [-0.05, 0) is 61.0 Å². The molecule has 2 aromatic carbocycles. The van der Waals surface area contributed by atoms with Crippen LogP contribution in [0.25, 0.3) is 0 Å². The van der Waals surface area contributed by atoms with Crippen molar-refractivity contribution in [2.75, 3.05) is 5.32 Å². The van der Waals surface area contributed by atoms with Crippen molar-refractivity contribution in [1.82, 2.24) is 0 Å². The molecule has 0 atom stereocenters. The highest BCUT2D eigenvalue weighted by molar-refractivity contribution is 6.31. The zero-order valence-electron chi connectivity index (χ0n) is 13.4. The van der Waals surface area contributed by atoms with Gasteiger partial charge in [-0.25, -0.2) is 0 Å². The van der Waals surface area contributed by atoms with Gasteiger partial charge in [0.05, 0.1) is 0 Å². The number of rotatable bonds is 5. The van der Waals surface area contributed by atoms with Crippen LogP contribution in [0.4, 0.5) is 5.69 Å². The predicted octanol–water partition coefficient (Wildman–Crippen LogP) is 5.73. The van der Waals surface area contributed by atoms with Gasteiger partial charge in [-0.3, -0.25) is 4.79 Å². The summed E-state index contributed by atoms with van der Waals surface area (Å²) in [5.74, 6) is 1.07. The minimum atomic E-state index is -0.344. The molecule has 0 aliphatic carbocycles. The maximum atomic E-state index is 12.3. The highest BCUT2D eigenvalue weighted by Crippen LogP contribution is 2.24. The number of benzene rings is 2. The number of hydrogen-bond acceptors (Lipinski definition) is 3. The Labute approximate surface area is 155 Å². The van der Waals surface area contributed by atoms with Gasteiger partial charge in [0, 0.05) is 15.7 Å². The Bertz CT molecular complexity index is 888. The minimum absolute atomic E-state index is 0.203. The van der Waals surface area contributed by atoms with E-state index < -0.39 is 0 Å². The summed E-state index contributed by atoms with van der Waals surface area (Å²) in [4.78, 5) is 12.3. The highest BCUT2D eigenvalue weighted by Gasteiger charge is 2.13. The van der Waals surface area contributed by atoms with Crippen LogP contribution in [0.15, 0.2) is 59.0 Å². The average molecular weight is 376 g/mol. The van der Waals surface area contributed by atoms with Crippen LogP contribution in [-0.2, 0) is 6.61 Å². The number of halogens is 2. The lowest BCUT2D eigenvalue weighted by Gasteiger charge is -2.08. The van der Waals surface area contributed by atoms with Crippen LogP contribution in [0, 0.1) is 6.92 Å². The molecule has 0 unspecified atom stereocenters. The molecule has 1 N–H and O–H groups in total. The molecule has 1 amide bonds. The summed E-state index contributed by atoms with van der Waals surface area (Å²) < 4.78 is 11.1. The Hall–Kier alpha value is -2.43. The van der Waals surface area contributed by atoms with Crippen molar-refractivity contribution in [2.45, 2.75) is 13.5 Å². The molecule has 0 saturated carbocycles. The molecular formula is C19H15Cl2NO3. The second-order valence-corrected chi connectivity index (χ2v) is 6.22. The largest absolute Gasteiger partial charge is 0.486 e. The van der Waals surface area contributed by atoms with E-state index in [9.17, 15) is 4.79 Å². The number of carbonyl (C=O) groups is 1. The molecule has 0 aliphatic rings. The molecular weight excluding hydrogens is 361 g/mol. The molecule has 6 heteroatoms. The zero-order valence-corrected chi connectivity index (χ0v) is 14.9. The highest BCUT2D eigenvalue weighted by atomic mass is 35.5. The smallest absolute Gasteiger partial charge is 0.291 e. The van der Waals surface area contributed by atoms with Gasteiger partial charge in [0.25, 0.3) is 5.91 Å². The fourth-order valence-corrected chi connectivity index (χ4v) is 2.49. The molecule has 3 aromatic rings. The van der Waals surface area contributed by atoms with Crippen molar-refractivity contribution in [2.24, 2.45) is 0 Å². The number of anilines is 1. The van der Waals surface area contributed by atoms with E-state index in [1.807, 2.05) is 6.92 Å². The molecule has 1 heterocycles. The van der Waals surface area contributed by atoms with Crippen LogP contribution in [-0.4, -0.2) is 5.91 Å². The molecule has 0 saturated heterocycles. The normalized spacial score (nSPS) is 10.5. The third-order valence-electron chi connectivity index (χ3n) is 3.60. The van der Waals surface area contributed by atoms with Crippen molar-refractivity contribution < 1.29 is 13.9 Å². The van der Waals surface area contributed by atoms with Gasteiger partial charge in [0.1, 0.15) is 18.1 Å². The lowest BCUT2D eigenvalue weighted by molar-refractivity contribution is 0.0992. The summed E-state index contributed by atoms with van der Waals surface area (Å²) in [6.07, 6.45) is 0. The fourth-order valence-electron chi connectivity index (χ4n) is 2.19. The van der Waals surface area contributed by atoms with Crippen molar-refractivity contribution in [1.29, 1.82) is 0 Å². The molecule has 0 spiro atoms. The topological polar surface area (TPSA) is 51.5 Å². The Morgan fingerprint density at radius 1 is 1.08 bits per heavy atom. The third-order valence-corrected chi connectivity index (χ3v) is 4.26. The van der Waals surface area contributed by atoms with Gasteiger partial charge in [-0.15, -0.1) is 0 Å².